The van der Waals surface area contributed by atoms with E-state index >= 15 is 0 Å². The van der Waals surface area contributed by atoms with Gasteiger partial charge in [-0.05, 0) is 20.8 Å². The van der Waals surface area contributed by atoms with E-state index in [9.17, 15) is 13.2 Å². The predicted octanol–water partition coefficient (Wildman–Crippen LogP) is 0.641. The summed E-state index contributed by atoms with van der Waals surface area (Å²) in [5.41, 5.74) is 0. The van der Waals surface area contributed by atoms with E-state index < -0.39 is 20.7 Å². The predicted molar refractivity (Wildman–Crippen MR) is 47.1 cm³/mol. The Labute approximate surface area is 73.4 Å². The summed E-state index contributed by atoms with van der Waals surface area (Å²) in [5, 5.41) is 0. The number of amides is 1. The van der Waals surface area contributed by atoms with E-state index in [4.69, 9.17) is 0 Å². The van der Waals surface area contributed by atoms with Crippen LogP contribution in [0.15, 0.2) is 0 Å². The van der Waals surface area contributed by atoms with Crippen LogP contribution < -0.4 is 4.72 Å². The molecule has 5 heteroatoms. The second-order valence-corrected chi connectivity index (χ2v) is 5.93. The Balaban J connectivity index is 4.58. The summed E-state index contributed by atoms with van der Waals surface area (Å²) in [6.45, 7) is 6.22. The average Bonchev–Trinajstić information content (AvgIpc) is 1.84. The second kappa shape index (κ2) is 3.43. The molecule has 0 aliphatic carbocycles. The van der Waals surface area contributed by atoms with Gasteiger partial charge in [0.15, 0.2) is 0 Å². The Kier molecular flexibility index (Phi) is 3.26. The van der Waals surface area contributed by atoms with Gasteiger partial charge in [-0.3, -0.25) is 9.52 Å². The molecule has 0 rings (SSSR count). The van der Waals surface area contributed by atoms with E-state index in [0.29, 0.717) is 0 Å². The highest BCUT2D eigenvalue weighted by molar-refractivity contribution is 7.91. The zero-order valence-electron chi connectivity index (χ0n) is 7.84. The normalized spacial score (nSPS) is 12.7. The zero-order valence-corrected chi connectivity index (χ0v) is 8.66. The van der Waals surface area contributed by atoms with Crippen LogP contribution in [-0.4, -0.2) is 19.1 Å². The molecule has 0 heterocycles. The lowest BCUT2D eigenvalue weighted by molar-refractivity contribution is -0.119. The first-order valence-electron chi connectivity index (χ1n) is 3.76. The molecule has 0 aliphatic rings. The highest BCUT2D eigenvalue weighted by Gasteiger charge is 2.29. The lowest BCUT2D eigenvalue weighted by Crippen LogP contribution is -2.42. The van der Waals surface area contributed by atoms with E-state index in [2.05, 4.69) is 0 Å². The van der Waals surface area contributed by atoms with Crippen molar-refractivity contribution < 1.29 is 13.2 Å². The van der Waals surface area contributed by atoms with Gasteiger partial charge < -0.3 is 0 Å². The fourth-order valence-electron chi connectivity index (χ4n) is 0.375. The Morgan fingerprint density at radius 2 is 1.75 bits per heavy atom. The Hall–Kier alpha value is -0.580. The molecule has 72 valence electrons. The van der Waals surface area contributed by atoms with Crippen molar-refractivity contribution in [3.63, 3.8) is 0 Å². The van der Waals surface area contributed by atoms with Gasteiger partial charge in [0.05, 0.1) is 4.75 Å². The molecule has 0 fully saturated rings. The molecule has 0 atom stereocenters. The fraction of sp³-hybridized carbons (Fsp3) is 0.857. The molecule has 1 amide bonds. The molecular weight excluding hydrogens is 178 g/mol. The maximum atomic E-state index is 11.3. The Bertz CT molecular complexity index is 261. The van der Waals surface area contributed by atoms with Crippen LogP contribution >= 0.6 is 0 Å². The first kappa shape index (κ1) is 11.4. The van der Waals surface area contributed by atoms with Gasteiger partial charge in [-0.2, -0.15) is 0 Å². The van der Waals surface area contributed by atoms with Crippen LogP contribution in [0.1, 0.15) is 34.1 Å². The zero-order chi connectivity index (χ0) is 9.99. The molecule has 12 heavy (non-hydrogen) atoms. The summed E-state index contributed by atoms with van der Waals surface area (Å²) in [6.07, 6.45) is 0.176. The van der Waals surface area contributed by atoms with E-state index in [1.165, 1.54) is 20.8 Å². The van der Waals surface area contributed by atoms with Gasteiger partial charge in [0.1, 0.15) is 0 Å². The minimum absolute atomic E-state index is 0.176. The highest BCUT2D eigenvalue weighted by Crippen LogP contribution is 2.12. The van der Waals surface area contributed by atoms with Crippen LogP contribution in [0.5, 0.6) is 0 Å². The van der Waals surface area contributed by atoms with Gasteiger partial charge in [0, 0.05) is 6.42 Å². The van der Waals surface area contributed by atoms with E-state index in [-0.39, 0.29) is 6.42 Å². The molecule has 0 unspecified atom stereocenters. The molecule has 4 nitrogen and oxygen atoms in total. The Morgan fingerprint density at radius 3 is 2.00 bits per heavy atom. The van der Waals surface area contributed by atoms with E-state index in [0.717, 1.165) is 0 Å². The third-order valence-electron chi connectivity index (χ3n) is 1.38. The lowest BCUT2D eigenvalue weighted by Gasteiger charge is -2.18. The molecule has 0 saturated carbocycles. The smallest absolute Gasteiger partial charge is 0.239 e. The fourth-order valence-corrected chi connectivity index (χ4v) is 1.13. The van der Waals surface area contributed by atoms with Gasteiger partial charge in [-0.25, -0.2) is 8.42 Å². The van der Waals surface area contributed by atoms with E-state index in [1.54, 1.807) is 6.92 Å². The number of hydrogen-bond acceptors (Lipinski definition) is 3. The van der Waals surface area contributed by atoms with Gasteiger partial charge in [0.2, 0.25) is 15.9 Å². The number of hydrogen-bond donors (Lipinski definition) is 1. The van der Waals surface area contributed by atoms with Crippen LogP contribution in [0.25, 0.3) is 0 Å². The number of rotatable bonds is 2. The van der Waals surface area contributed by atoms with Crippen LogP contribution in [0, 0.1) is 0 Å². The second-order valence-electron chi connectivity index (χ2n) is 3.49. The highest BCUT2D eigenvalue weighted by atomic mass is 32.2. The summed E-state index contributed by atoms with van der Waals surface area (Å²) in [7, 11) is -3.51. The Morgan fingerprint density at radius 1 is 1.33 bits per heavy atom. The third kappa shape index (κ3) is 2.81. The van der Waals surface area contributed by atoms with Crippen molar-refractivity contribution in [2.45, 2.75) is 38.9 Å². The van der Waals surface area contributed by atoms with Crippen molar-refractivity contribution in [3.8, 4) is 0 Å². The summed E-state index contributed by atoms with van der Waals surface area (Å²) >= 11 is 0. The van der Waals surface area contributed by atoms with Crippen LogP contribution in [-0.2, 0) is 14.8 Å². The van der Waals surface area contributed by atoms with Crippen molar-refractivity contribution in [1.82, 2.24) is 4.72 Å². The molecule has 0 aromatic rings. The minimum Gasteiger partial charge on any atom is -0.274 e. The molecule has 0 aromatic carbocycles. The minimum atomic E-state index is -3.51. The van der Waals surface area contributed by atoms with Crippen molar-refractivity contribution in [2.24, 2.45) is 0 Å². The molecule has 0 radical (unpaired) electrons. The van der Waals surface area contributed by atoms with Gasteiger partial charge in [0.25, 0.3) is 0 Å². The first-order valence-corrected chi connectivity index (χ1v) is 5.24. The van der Waals surface area contributed by atoms with Gasteiger partial charge >= 0.3 is 0 Å². The molecule has 0 aliphatic heterocycles. The van der Waals surface area contributed by atoms with E-state index in [1.807, 2.05) is 4.72 Å². The molecule has 0 saturated heterocycles. The number of sulfonamides is 1. The van der Waals surface area contributed by atoms with Crippen LogP contribution in [0.3, 0.4) is 0 Å². The quantitative estimate of drug-likeness (QED) is 0.700. The number of carbonyl (C=O) groups excluding carboxylic acids is 1. The maximum absolute atomic E-state index is 11.3. The van der Waals surface area contributed by atoms with Crippen molar-refractivity contribution in [1.29, 1.82) is 0 Å². The first-order chi connectivity index (χ1) is 5.20. The average molecular weight is 193 g/mol. The van der Waals surface area contributed by atoms with Crippen LogP contribution in [0.2, 0.25) is 0 Å². The molecule has 0 spiro atoms. The summed E-state index contributed by atoms with van der Waals surface area (Å²) < 4.78 is 23.6. The lowest BCUT2D eigenvalue weighted by atomic mass is 10.3. The summed E-state index contributed by atoms with van der Waals surface area (Å²) in [6, 6.07) is 0. The largest absolute Gasteiger partial charge is 0.274 e. The number of carbonyl (C=O) groups is 1. The molecule has 0 bridgehead atoms. The summed E-state index contributed by atoms with van der Waals surface area (Å²) in [5.74, 6) is -0.468. The standard InChI is InChI=1S/C7H15NO3S/c1-5-6(9)8-12(10,11)7(2,3)4/h5H2,1-4H3,(H,8,9). The van der Waals surface area contributed by atoms with Crippen molar-refractivity contribution in [2.75, 3.05) is 0 Å². The summed E-state index contributed by atoms with van der Waals surface area (Å²) in [4.78, 5) is 10.8. The molecule has 0 aromatic heterocycles. The van der Waals surface area contributed by atoms with Gasteiger partial charge in [-0.15, -0.1) is 0 Å². The third-order valence-corrected chi connectivity index (χ3v) is 3.48. The van der Waals surface area contributed by atoms with Crippen LogP contribution in [0.4, 0.5) is 0 Å². The monoisotopic (exact) mass is 193 g/mol. The van der Waals surface area contributed by atoms with Crippen molar-refractivity contribution >= 4 is 15.9 Å². The molecule has 1 N–H and O–H groups in total. The number of nitrogens with one attached hydrogen (secondary N) is 1. The topological polar surface area (TPSA) is 63.2 Å². The molecular formula is C7H15NO3S. The van der Waals surface area contributed by atoms with Gasteiger partial charge in [-0.1, -0.05) is 6.92 Å². The van der Waals surface area contributed by atoms with Crippen molar-refractivity contribution in [3.05, 3.63) is 0 Å². The maximum Gasteiger partial charge on any atom is 0.239 e. The SMILES string of the molecule is CCC(=O)NS(=O)(=O)C(C)(C)C.